The van der Waals surface area contributed by atoms with Gasteiger partial charge in [-0.1, -0.05) is 32.9 Å². The first kappa shape index (κ1) is 12.6. The van der Waals surface area contributed by atoms with E-state index in [1.54, 1.807) is 6.92 Å². The van der Waals surface area contributed by atoms with Crippen molar-refractivity contribution < 1.29 is 9.53 Å². The molecule has 1 aromatic carbocycles. The van der Waals surface area contributed by atoms with Crippen molar-refractivity contribution in [3.63, 3.8) is 0 Å². The zero-order chi connectivity index (χ0) is 12.3. The Morgan fingerprint density at radius 2 is 2.00 bits per heavy atom. The van der Waals surface area contributed by atoms with Crippen molar-refractivity contribution in [3.05, 3.63) is 29.8 Å². The maximum absolute atomic E-state index is 10.9. The summed E-state index contributed by atoms with van der Waals surface area (Å²) >= 11 is 0. The third-order valence-corrected chi connectivity index (χ3v) is 2.41. The van der Waals surface area contributed by atoms with Crippen molar-refractivity contribution in [2.24, 2.45) is 5.73 Å². The lowest BCUT2D eigenvalue weighted by Gasteiger charge is -2.20. The molecule has 0 saturated carbocycles. The summed E-state index contributed by atoms with van der Waals surface area (Å²) in [5.41, 5.74) is 6.38. The van der Waals surface area contributed by atoms with Crippen molar-refractivity contribution in [1.82, 2.24) is 0 Å². The number of carbonyl (C=O) groups is 1. The van der Waals surface area contributed by atoms with Gasteiger partial charge in [0.15, 0.2) is 6.10 Å². The lowest BCUT2D eigenvalue weighted by Crippen LogP contribution is -2.30. The molecule has 1 atom stereocenters. The monoisotopic (exact) mass is 221 g/mol. The zero-order valence-electron chi connectivity index (χ0n) is 10.3. The molecule has 0 saturated heterocycles. The predicted molar refractivity (Wildman–Crippen MR) is 64.4 cm³/mol. The van der Waals surface area contributed by atoms with E-state index in [1.807, 2.05) is 24.3 Å². The molecule has 0 aliphatic carbocycles. The molecule has 0 radical (unpaired) electrons. The Balaban J connectivity index is 2.87. The molecule has 0 aliphatic rings. The van der Waals surface area contributed by atoms with Crippen LogP contribution < -0.4 is 10.5 Å². The second-order valence-electron chi connectivity index (χ2n) is 4.94. The molecule has 1 rings (SSSR count). The van der Waals surface area contributed by atoms with Gasteiger partial charge in [0.25, 0.3) is 5.91 Å². The topological polar surface area (TPSA) is 52.3 Å². The number of hydrogen-bond donors (Lipinski definition) is 1. The molecular formula is C13H19NO2. The molecule has 0 aromatic heterocycles. The lowest BCUT2D eigenvalue weighted by atomic mass is 9.87. The van der Waals surface area contributed by atoms with Gasteiger partial charge in [0.2, 0.25) is 0 Å². The van der Waals surface area contributed by atoms with Crippen LogP contribution >= 0.6 is 0 Å². The number of ether oxygens (including phenoxy) is 1. The van der Waals surface area contributed by atoms with Crippen molar-refractivity contribution in [3.8, 4) is 5.75 Å². The Morgan fingerprint density at radius 3 is 2.50 bits per heavy atom. The number of nitrogens with two attached hydrogens (primary N) is 1. The third-order valence-electron chi connectivity index (χ3n) is 2.41. The van der Waals surface area contributed by atoms with Crippen LogP contribution in [0.1, 0.15) is 33.3 Å². The standard InChI is InChI=1S/C13H19NO2/c1-9(12(14)15)16-11-7-5-6-10(8-11)13(2,3)4/h5-9H,1-4H3,(H2,14,15). The van der Waals surface area contributed by atoms with E-state index in [4.69, 9.17) is 10.5 Å². The molecular weight excluding hydrogens is 202 g/mol. The summed E-state index contributed by atoms with van der Waals surface area (Å²) in [6, 6.07) is 7.74. The molecule has 1 amide bonds. The number of hydrogen-bond acceptors (Lipinski definition) is 2. The highest BCUT2D eigenvalue weighted by Gasteiger charge is 2.15. The summed E-state index contributed by atoms with van der Waals surface area (Å²) in [5, 5.41) is 0. The fraction of sp³-hybridized carbons (Fsp3) is 0.462. The maximum atomic E-state index is 10.9. The minimum Gasteiger partial charge on any atom is -0.481 e. The number of carbonyl (C=O) groups excluding carboxylic acids is 1. The molecule has 3 nitrogen and oxygen atoms in total. The van der Waals surface area contributed by atoms with Gasteiger partial charge in [0.1, 0.15) is 5.75 Å². The smallest absolute Gasteiger partial charge is 0.258 e. The molecule has 0 fully saturated rings. The number of benzene rings is 1. The molecule has 0 aliphatic heterocycles. The Labute approximate surface area is 96.6 Å². The Morgan fingerprint density at radius 1 is 1.38 bits per heavy atom. The van der Waals surface area contributed by atoms with E-state index < -0.39 is 12.0 Å². The van der Waals surface area contributed by atoms with E-state index in [1.165, 1.54) is 5.56 Å². The average Bonchev–Trinajstić information content (AvgIpc) is 2.16. The average molecular weight is 221 g/mol. The summed E-state index contributed by atoms with van der Waals surface area (Å²) in [6.07, 6.45) is -0.602. The Bertz CT molecular complexity index is 380. The summed E-state index contributed by atoms with van der Waals surface area (Å²) in [7, 11) is 0. The first-order valence-electron chi connectivity index (χ1n) is 5.37. The molecule has 1 aromatic rings. The van der Waals surface area contributed by atoms with E-state index in [0.717, 1.165) is 0 Å². The number of rotatable bonds is 3. The van der Waals surface area contributed by atoms with Crippen LogP contribution in [0.4, 0.5) is 0 Å². The summed E-state index contributed by atoms with van der Waals surface area (Å²) in [5.74, 6) is 0.222. The van der Waals surface area contributed by atoms with Crippen LogP contribution in [0, 0.1) is 0 Å². The lowest BCUT2D eigenvalue weighted by molar-refractivity contribution is -0.123. The van der Waals surface area contributed by atoms with Gasteiger partial charge in [-0.2, -0.15) is 0 Å². The van der Waals surface area contributed by atoms with Crippen LogP contribution in [0.2, 0.25) is 0 Å². The number of primary amides is 1. The van der Waals surface area contributed by atoms with Gasteiger partial charge in [-0.25, -0.2) is 0 Å². The molecule has 3 heteroatoms. The summed E-state index contributed by atoms with van der Waals surface area (Å²) in [6.45, 7) is 8.03. The van der Waals surface area contributed by atoms with Crippen LogP contribution in [0.3, 0.4) is 0 Å². The molecule has 0 bridgehead atoms. The minimum absolute atomic E-state index is 0.0648. The van der Waals surface area contributed by atoms with Gasteiger partial charge >= 0.3 is 0 Å². The minimum atomic E-state index is -0.602. The Hall–Kier alpha value is -1.51. The highest BCUT2D eigenvalue weighted by Crippen LogP contribution is 2.25. The highest BCUT2D eigenvalue weighted by atomic mass is 16.5. The van der Waals surface area contributed by atoms with Gasteiger partial charge in [0, 0.05) is 0 Å². The maximum Gasteiger partial charge on any atom is 0.258 e. The second-order valence-corrected chi connectivity index (χ2v) is 4.94. The van der Waals surface area contributed by atoms with E-state index >= 15 is 0 Å². The molecule has 88 valence electrons. The summed E-state index contributed by atoms with van der Waals surface area (Å²) in [4.78, 5) is 10.9. The van der Waals surface area contributed by atoms with Gasteiger partial charge < -0.3 is 10.5 Å². The predicted octanol–water partition coefficient (Wildman–Crippen LogP) is 2.24. The van der Waals surface area contributed by atoms with Crippen LogP contribution in [-0.4, -0.2) is 12.0 Å². The third kappa shape index (κ3) is 3.26. The van der Waals surface area contributed by atoms with E-state index in [2.05, 4.69) is 20.8 Å². The Kier molecular flexibility index (Phi) is 3.58. The van der Waals surface area contributed by atoms with E-state index in [9.17, 15) is 4.79 Å². The van der Waals surface area contributed by atoms with E-state index in [-0.39, 0.29) is 5.41 Å². The fourth-order valence-corrected chi connectivity index (χ4v) is 1.30. The van der Waals surface area contributed by atoms with Crippen molar-refractivity contribution in [1.29, 1.82) is 0 Å². The highest BCUT2D eigenvalue weighted by molar-refractivity contribution is 5.78. The molecule has 2 N–H and O–H groups in total. The quantitative estimate of drug-likeness (QED) is 0.851. The number of amides is 1. The van der Waals surface area contributed by atoms with Gasteiger partial charge in [-0.3, -0.25) is 4.79 Å². The van der Waals surface area contributed by atoms with Crippen molar-refractivity contribution >= 4 is 5.91 Å². The molecule has 1 unspecified atom stereocenters. The molecule has 0 heterocycles. The van der Waals surface area contributed by atoms with Crippen LogP contribution in [0.15, 0.2) is 24.3 Å². The van der Waals surface area contributed by atoms with Crippen LogP contribution in [0.25, 0.3) is 0 Å². The second kappa shape index (κ2) is 4.56. The van der Waals surface area contributed by atoms with Gasteiger partial charge in [-0.15, -0.1) is 0 Å². The largest absolute Gasteiger partial charge is 0.481 e. The van der Waals surface area contributed by atoms with Crippen LogP contribution in [-0.2, 0) is 10.2 Å². The van der Waals surface area contributed by atoms with Crippen molar-refractivity contribution in [2.75, 3.05) is 0 Å². The normalized spacial score (nSPS) is 13.2. The first-order valence-corrected chi connectivity index (χ1v) is 5.37. The van der Waals surface area contributed by atoms with Gasteiger partial charge in [-0.05, 0) is 30.0 Å². The SMILES string of the molecule is CC(Oc1cccc(C(C)(C)C)c1)C(N)=O. The van der Waals surface area contributed by atoms with Gasteiger partial charge in [0.05, 0.1) is 0 Å². The van der Waals surface area contributed by atoms with Crippen molar-refractivity contribution in [2.45, 2.75) is 39.2 Å². The zero-order valence-corrected chi connectivity index (χ0v) is 10.3. The fourth-order valence-electron chi connectivity index (χ4n) is 1.30. The first-order chi connectivity index (χ1) is 7.30. The van der Waals surface area contributed by atoms with Crippen LogP contribution in [0.5, 0.6) is 5.75 Å². The van der Waals surface area contributed by atoms with E-state index in [0.29, 0.717) is 5.75 Å². The summed E-state index contributed by atoms with van der Waals surface area (Å²) < 4.78 is 5.44. The molecule has 0 spiro atoms. The molecule has 16 heavy (non-hydrogen) atoms.